The molecule has 0 bridgehead atoms. The molecule has 0 spiro atoms. The van der Waals surface area contributed by atoms with E-state index in [0.29, 0.717) is 0 Å². The molecule has 2 nitrogen and oxygen atoms in total. The Labute approximate surface area is 94.3 Å². The fourth-order valence-electron chi connectivity index (χ4n) is 2.40. The van der Waals surface area contributed by atoms with Gasteiger partial charge in [0, 0.05) is 0 Å². The van der Waals surface area contributed by atoms with Crippen LogP contribution in [0.15, 0.2) is 48.5 Å². The van der Waals surface area contributed by atoms with Gasteiger partial charge in [0.05, 0.1) is 12.1 Å². The van der Waals surface area contributed by atoms with Gasteiger partial charge in [-0.3, -0.25) is 0 Å². The molecule has 0 amide bonds. The maximum atomic E-state index is 10.2. The molecule has 16 heavy (non-hydrogen) atoms. The van der Waals surface area contributed by atoms with Gasteiger partial charge in [-0.2, -0.15) is 0 Å². The smallest absolute Gasteiger partial charge is 0.0988 e. The standard InChI is InChI=1S/C14H13NO/c15-13-11-7-3-1-5-9(11)10-6-2-4-8-12(10)14(13)16/h1-8,13-14,16H,15H2/t13-,14-/m0/s1. The minimum absolute atomic E-state index is 0.328. The molecule has 0 aliphatic heterocycles. The molecule has 0 aromatic heterocycles. The highest BCUT2D eigenvalue weighted by Gasteiger charge is 2.28. The summed E-state index contributed by atoms with van der Waals surface area (Å²) in [5.74, 6) is 0. The first-order valence-corrected chi connectivity index (χ1v) is 5.41. The van der Waals surface area contributed by atoms with Crippen molar-refractivity contribution < 1.29 is 5.11 Å². The molecule has 0 heterocycles. The van der Waals surface area contributed by atoms with E-state index in [4.69, 9.17) is 5.73 Å². The van der Waals surface area contributed by atoms with Gasteiger partial charge in [0.25, 0.3) is 0 Å². The molecule has 0 fully saturated rings. The highest BCUT2D eigenvalue weighted by molar-refractivity contribution is 5.74. The zero-order chi connectivity index (χ0) is 11.1. The Balaban J connectivity index is 2.33. The number of aliphatic hydroxyl groups is 1. The average molecular weight is 211 g/mol. The Bertz CT molecular complexity index is 486. The second kappa shape index (κ2) is 3.44. The van der Waals surface area contributed by atoms with E-state index >= 15 is 0 Å². The van der Waals surface area contributed by atoms with E-state index in [0.717, 1.165) is 22.3 Å². The summed E-state index contributed by atoms with van der Waals surface area (Å²) in [6.07, 6.45) is -0.605. The van der Waals surface area contributed by atoms with Crippen LogP contribution in [0.25, 0.3) is 11.1 Å². The maximum Gasteiger partial charge on any atom is 0.0988 e. The molecule has 3 rings (SSSR count). The summed E-state index contributed by atoms with van der Waals surface area (Å²) in [7, 11) is 0. The van der Waals surface area contributed by atoms with Crippen molar-refractivity contribution in [3.63, 3.8) is 0 Å². The number of nitrogens with two attached hydrogens (primary N) is 1. The predicted molar refractivity (Wildman–Crippen MR) is 63.8 cm³/mol. The molecule has 0 saturated carbocycles. The van der Waals surface area contributed by atoms with E-state index in [1.807, 2.05) is 42.5 Å². The van der Waals surface area contributed by atoms with E-state index in [1.165, 1.54) is 0 Å². The Morgan fingerprint density at radius 2 is 1.31 bits per heavy atom. The van der Waals surface area contributed by atoms with Crippen LogP contribution in [-0.4, -0.2) is 5.11 Å². The van der Waals surface area contributed by atoms with E-state index in [1.54, 1.807) is 0 Å². The molecular formula is C14H13NO. The quantitative estimate of drug-likeness (QED) is 0.703. The van der Waals surface area contributed by atoms with Crippen LogP contribution in [0.2, 0.25) is 0 Å². The largest absolute Gasteiger partial charge is 0.386 e. The van der Waals surface area contributed by atoms with Gasteiger partial charge < -0.3 is 10.8 Å². The lowest BCUT2D eigenvalue weighted by atomic mass is 9.81. The third kappa shape index (κ3) is 1.21. The molecule has 0 radical (unpaired) electrons. The van der Waals surface area contributed by atoms with Crippen LogP contribution in [-0.2, 0) is 0 Å². The molecule has 1 aliphatic carbocycles. The molecule has 2 aromatic carbocycles. The monoisotopic (exact) mass is 211 g/mol. The molecule has 1 aliphatic rings. The minimum atomic E-state index is -0.605. The van der Waals surface area contributed by atoms with Crippen LogP contribution in [0, 0.1) is 0 Å². The minimum Gasteiger partial charge on any atom is -0.386 e. The number of benzene rings is 2. The van der Waals surface area contributed by atoms with E-state index in [9.17, 15) is 5.11 Å². The van der Waals surface area contributed by atoms with Gasteiger partial charge >= 0.3 is 0 Å². The molecule has 2 heteroatoms. The van der Waals surface area contributed by atoms with Crippen LogP contribution < -0.4 is 5.73 Å². The SMILES string of the molecule is N[C@H]1c2ccccc2-c2ccccc2[C@@H]1O. The van der Waals surface area contributed by atoms with Crippen LogP contribution >= 0.6 is 0 Å². The Kier molecular flexibility index (Phi) is 2.06. The predicted octanol–water partition coefficient (Wildman–Crippen LogP) is 2.40. The topological polar surface area (TPSA) is 46.2 Å². The van der Waals surface area contributed by atoms with Crippen molar-refractivity contribution in [2.45, 2.75) is 12.1 Å². The van der Waals surface area contributed by atoms with Crippen molar-refractivity contribution in [2.24, 2.45) is 5.73 Å². The van der Waals surface area contributed by atoms with Gasteiger partial charge in [0.1, 0.15) is 0 Å². The molecule has 0 unspecified atom stereocenters. The fourth-order valence-corrected chi connectivity index (χ4v) is 2.40. The van der Waals surface area contributed by atoms with Crippen molar-refractivity contribution in [3.05, 3.63) is 59.7 Å². The summed E-state index contributed by atoms with van der Waals surface area (Å²) in [4.78, 5) is 0. The molecule has 2 atom stereocenters. The average Bonchev–Trinajstić information content (AvgIpc) is 2.36. The summed E-state index contributed by atoms with van der Waals surface area (Å²) in [5, 5.41) is 10.2. The van der Waals surface area contributed by atoms with E-state index < -0.39 is 6.10 Å². The Morgan fingerprint density at radius 3 is 2.00 bits per heavy atom. The van der Waals surface area contributed by atoms with Crippen LogP contribution in [0.3, 0.4) is 0 Å². The van der Waals surface area contributed by atoms with Gasteiger partial charge in [-0.05, 0) is 22.3 Å². The maximum absolute atomic E-state index is 10.2. The lowest BCUT2D eigenvalue weighted by molar-refractivity contribution is 0.145. The molecule has 80 valence electrons. The number of hydrogen-bond acceptors (Lipinski definition) is 2. The third-order valence-electron chi connectivity index (χ3n) is 3.23. The Hall–Kier alpha value is -1.64. The van der Waals surface area contributed by atoms with Crippen molar-refractivity contribution in [1.82, 2.24) is 0 Å². The number of rotatable bonds is 0. The van der Waals surface area contributed by atoms with Crippen molar-refractivity contribution >= 4 is 0 Å². The second-order valence-electron chi connectivity index (χ2n) is 4.15. The second-order valence-corrected chi connectivity index (χ2v) is 4.15. The first kappa shape index (κ1) is 9.58. The van der Waals surface area contributed by atoms with E-state index in [-0.39, 0.29) is 6.04 Å². The summed E-state index contributed by atoms with van der Waals surface area (Å²) in [6, 6.07) is 15.6. The van der Waals surface area contributed by atoms with Crippen molar-refractivity contribution in [1.29, 1.82) is 0 Å². The summed E-state index contributed by atoms with van der Waals surface area (Å²) < 4.78 is 0. The lowest BCUT2D eigenvalue weighted by Gasteiger charge is -2.29. The summed E-state index contributed by atoms with van der Waals surface area (Å²) in [6.45, 7) is 0. The molecule has 3 N–H and O–H groups in total. The first-order chi connectivity index (χ1) is 7.79. The number of fused-ring (bicyclic) bond motifs is 3. The third-order valence-corrected chi connectivity index (χ3v) is 3.23. The lowest BCUT2D eigenvalue weighted by Crippen LogP contribution is -2.24. The van der Waals surface area contributed by atoms with Crippen LogP contribution in [0.5, 0.6) is 0 Å². The molecule has 2 aromatic rings. The normalized spacial score (nSPS) is 22.4. The highest BCUT2D eigenvalue weighted by atomic mass is 16.3. The Morgan fingerprint density at radius 1 is 0.812 bits per heavy atom. The molecular weight excluding hydrogens is 198 g/mol. The highest BCUT2D eigenvalue weighted by Crippen LogP contribution is 2.42. The van der Waals surface area contributed by atoms with Gasteiger partial charge in [-0.25, -0.2) is 0 Å². The van der Waals surface area contributed by atoms with Crippen molar-refractivity contribution in [3.8, 4) is 11.1 Å². The van der Waals surface area contributed by atoms with Crippen LogP contribution in [0.4, 0.5) is 0 Å². The van der Waals surface area contributed by atoms with Gasteiger partial charge in [-0.15, -0.1) is 0 Å². The summed E-state index contributed by atoms with van der Waals surface area (Å²) in [5.41, 5.74) is 10.2. The van der Waals surface area contributed by atoms with Gasteiger partial charge in [0.2, 0.25) is 0 Å². The van der Waals surface area contributed by atoms with Gasteiger partial charge in [0.15, 0.2) is 0 Å². The zero-order valence-electron chi connectivity index (χ0n) is 8.80. The van der Waals surface area contributed by atoms with Crippen molar-refractivity contribution in [2.75, 3.05) is 0 Å². The van der Waals surface area contributed by atoms with Crippen LogP contribution in [0.1, 0.15) is 23.3 Å². The molecule has 0 saturated heterocycles. The van der Waals surface area contributed by atoms with E-state index in [2.05, 4.69) is 6.07 Å². The number of hydrogen-bond donors (Lipinski definition) is 2. The number of aliphatic hydroxyl groups excluding tert-OH is 1. The van der Waals surface area contributed by atoms with Gasteiger partial charge in [-0.1, -0.05) is 48.5 Å². The zero-order valence-corrected chi connectivity index (χ0v) is 8.80. The summed E-state index contributed by atoms with van der Waals surface area (Å²) >= 11 is 0. The first-order valence-electron chi connectivity index (χ1n) is 5.41. The fraction of sp³-hybridized carbons (Fsp3) is 0.143.